The molecule has 0 bridgehead atoms. The maximum atomic E-state index is 9.56. The van der Waals surface area contributed by atoms with E-state index in [1.807, 2.05) is 30.3 Å². The average molecular weight is 422 g/mol. The van der Waals surface area contributed by atoms with Gasteiger partial charge in [0.2, 0.25) is 0 Å². The lowest BCUT2D eigenvalue weighted by atomic mass is 10.1. The van der Waals surface area contributed by atoms with Gasteiger partial charge in [-0.2, -0.15) is 0 Å². The van der Waals surface area contributed by atoms with Crippen molar-refractivity contribution in [2.45, 2.75) is 25.8 Å². The van der Waals surface area contributed by atoms with Gasteiger partial charge < -0.3 is 19.8 Å². The van der Waals surface area contributed by atoms with Gasteiger partial charge >= 0.3 is 0 Å². The summed E-state index contributed by atoms with van der Waals surface area (Å²) in [6.45, 7) is 6.32. The molecule has 0 saturated carbocycles. The van der Waals surface area contributed by atoms with E-state index in [1.165, 1.54) is 0 Å². The Labute approximate surface area is 183 Å². The summed E-state index contributed by atoms with van der Waals surface area (Å²) < 4.78 is 6.24. The number of phenolic OH excluding ortho intramolecular Hbond substituents is 1. The van der Waals surface area contributed by atoms with Gasteiger partial charge in [0.05, 0.1) is 0 Å². The Bertz CT molecular complexity index is 973. The minimum atomic E-state index is -0.156. The summed E-state index contributed by atoms with van der Waals surface area (Å²) in [5.41, 5.74) is 4.84. The monoisotopic (exact) mass is 421 g/mol. The number of para-hydroxylation sites is 1. The van der Waals surface area contributed by atoms with Crippen molar-refractivity contribution in [3.05, 3.63) is 60.4 Å². The second kappa shape index (κ2) is 9.85. The van der Waals surface area contributed by atoms with Gasteiger partial charge in [0.25, 0.3) is 0 Å². The summed E-state index contributed by atoms with van der Waals surface area (Å²) in [7, 11) is 0. The van der Waals surface area contributed by atoms with E-state index in [9.17, 15) is 5.11 Å². The SMILES string of the molecule is CCCCN=C(NN)C(c1cc2ccccc2o1)N1CCN(c2ccc(O)cc2)CC1. The fourth-order valence-electron chi connectivity index (χ4n) is 4.10. The molecular formula is C24H31N5O2. The maximum Gasteiger partial charge on any atom is 0.136 e. The molecule has 7 heteroatoms. The molecule has 7 nitrogen and oxygen atoms in total. The van der Waals surface area contributed by atoms with Gasteiger partial charge in [0.1, 0.15) is 29.0 Å². The van der Waals surface area contributed by atoms with E-state index in [4.69, 9.17) is 15.3 Å². The third-order valence-electron chi connectivity index (χ3n) is 5.81. The highest BCUT2D eigenvalue weighted by Crippen LogP contribution is 2.30. The van der Waals surface area contributed by atoms with Crippen molar-refractivity contribution in [2.75, 3.05) is 37.6 Å². The largest absolute Gasteiger partial charge is 0.508 e. The molecule has 4 rings (SSSR count). The van der Waals surface area contributed by atoms with Crippen LogP contribution in [0.25, 0.3) is 11.0 Å². The fourth-order valence-corrected chi connectivity index (χ4v) is 4.10. The van der Waals surface area contributed by atoms with Gasteiger partial charge in [-0.15, -0.1) is 0 Å². The van der Waals surface area contributed by atoms with Crippen molar-refractivity contribution >= 4 is 22.5 Å². The standard InChI is InChI=1S/C24H31N5O2/c1-2-3-12-26-24(27-25)23(22-17-18-6-4-5-7-21(18)31-22)29-15-13-28(14-16-29)19-8-10-20(30)11-9-19/h4-11,17,23,30H,2-3,12-16,25H2,1H3,(H,26,27). The van der Waals surface area contributed by atoms with E-state index in [0.717, 1.165) is 73.8 Å². The lowest BCUT2D eigenvalue weighted by molar-refractivity contribution is 0.208. The first-order valence-electron chi connectivity index (χ1n) is 11.0. The Morgan fingerprint density at radius 2 is 1.87 bits per heavy atom. The van der Waals surface area contributed by atoms with Gasteiger partial charge in [-0.1, -0.05) is 31.5 Å². The number of hydrogen-bond acceptors (Lipinski definition) is 6. The maximum absolute atomic E-state index is 9.56. The first kappa shape index (κ1) is 21.2. The van der Waals surface area contributed by atoms with Crippen LogP contribution in [0, 0.1) is 0 Å². The predicted molar refractivity (Wildman–Crippen MR) is 125 cm³/mol. The van der Waals surface area contributed by atoms with Crippen LogP contribution in [0.5, 0.6) is 5.75 Å². The Balaban J connectivity index is 1.58. The number of piperazine rings is 1. The van der Waals surface area contributed by atoms with Crippen LogP contribution in [-0.2, 0) is 0 Å². The van der Waals surface area contributed by atoms with Crippen LogP contribution in [0.1, 0.15) is 31.6 Å². The summed E-state index contributed by atoms with van der Waals surface area (Å²) in [6, 6.07) is 17.4. The van der Waals surface area contributed by atoms with Crippen LogP contribution in [0.3, 0.4) is 0 Å². The number of amidine groups is 1. The van der Waals surface area contributed by atoms with Crippen molar-refractivity contribution in [1.82, 2.24) is 10.3 Å². The zero-order valence-electron chi connectivity index (χ0n) is 18.0. The van der Waals surface area contributed by atoms with Gasteiger partial charge in [-0.25, -0.2) is 5.84 Å². The molecule has 164 valence electrons. The van der Waals surface area contributed by atoms with Gasteiger partial charge in [-0.05, 0) is 42.8 Å². The van der Waals surface area contributed by atoms with Crippen molar-refractivity contribution in [3.63, 3.8) is 0 Å². The molecule has 2 aromatic carbocycles. The molecule has 0 spiro atoms. The molecule has 0 aliphatic carbocycles. The number of nitrogens with two attached hydrogens (primary N) is 1. The second-order valence-electron chi connectivity index (χ2n) is 7.89. The van der Waals surface area contributed by atoms with Gasteiger partial charge in [0, 0.05) is 43.8 Å². The van der Waals surface area contributed by atoms with E-state index >= 15 is 0 Å². The van der Waals surface area contributed by atoms with Crippen LogP contribution >= 0.6 is 0 Å². The molecule has 0 radical (unpaired) electrons. The minimum Gasteiger partial charge on any atom is -0.508 e. The fraction of sp³-hybridized carbons (Fsp3) is 0.375. The average Bonchev–Trinajstić information content (AvgIpc) is 3.23. The zero-order chi connectivity index (χ0) is 21.6. The molecule has 4 N–H and O–H groups in total. The first-order valence-corrected chi connectivity index (χ1v) is 11.0. The van der Waals surface area contributed by atoms with Crippen LogP contribution in [0.15, 0.2) is 64.0 Å². The number of phenols is 1. The topological polar surface area (TPSA) is 90.3 Å². The minimum absolute atomic E-state index is 0.156. The lowest BCUT2D eigenvalue weighted by Gasteiger charge is -2.39. The molecule has 1 aromatic heterocycles. The summed E-state index contributed by atoms with van der Waals surface area (Å²) in [4.78, 5) is 9.48. The van der Waals surface area contributed by atoms with Crippen LogP contribution in [-0.4, -0.2) is 48.6 Å². The summed E-state index contributed by atoms with van der Waals surface area (Å²) in [5, 5.41) is 10.6. The number of benzene rings is 2. The highest BCUT2D eigenvalue weighted by Gasteiger charge is 2.31. The zero-order valence-corrected chi connectivity index (χ0v) is 18.0. The predicted octanol–water partition coefficient (Wildman–Crippen LogP) is 3.66. The van der Waals surface area contributed by atoms with E-state index in [1.54, 1.807) is 12.1 Å². The van der Waals surface area contributed by atoms with E-state index in [-0.39, 0.29) is 11.8 Å². The van der Waals surface area contributed by atoms with E-state index in [2.05, 4.69) is 34.3 Å². The molecule has 1 unspecified atom stereocenters. The number of fused-ring (bicyclic) bond motifs is 1. The van der Waals surface area contributed by atoms with Crippen molar-refractivity contribution in [1.29, 1.82) is 0 Å². The van der Waals surface area contributed by atoms with Crippen LogP contribution in [0.4, 0.5) is 5.69 Å². The summed E-state index contributed by atoms with van der Waals surface area (Å²) >= 11 is 0. The molecule has 2 heterocycles. The number of hydrogen-bond donors (Lipinski definition) is 3. The lowest BCUT2D eigenvalue weighted by Crippen LogP contribution is -2.52. The summed E-state index contributed by atoms with van der Waals surface area (Å²) in [6.07, 6.45) is 2.11. The molecule has 1 atom stereocenters. The van der Waals surface area contributed by atoms with Gasteiger partial charge in [-0.3, -0.25) is 9.89 Å². The molecule has 3 aromatic rings. The number of rotatable bonds is 7. The first-order chi connectivity index (χ1) is 15.2. The number of anilines is 1. The normalized spacial score (nSPS) is 16.6. The van der Waals surface area contributed by atoms with Crippen LogP contribution in [0.2, 0.25) is 0 Å². The van der Waals surface area contributed by atoms with Gasteiger partial charge in [0.15, 0.2) is 0 Å². The van der Waals surface area contributed by atoms with Crippen molar-refractivity contribution in [3.8, 4) is 5.75 Å². The van der Waals surface area contributed by atoms with Crippen molar-refractivity contribution in [2.24, 2.45) is 10.8 Å². The third kappa shape index (κ3) is 4.84. The summed E-state index contributed by atoms with van der Waals surface area (Å²) in [5.74, 6) is 7.83. The number of hydrazine groups is 1. The molecule has 1 saturated heterocycles. The number of unbranched alkanes of at least 4 members (excludes halogenated alkanes) is 1. The smallest absolute Gasteiger partial charge is 0.136 e. The second-order valence-corrected chi connectivity index (χ2v) is 7.89. The number of aliphatic imine (C=N–C) groups is 1. The molecule has 1 aliphatic rings. The molecule has 1 aliphatic heterocycles. The van der Waals surface area contributed by atoms with E-state index in [0.29, 0.717) is 0 Å². The number of furan rings is 1. The Hall–Kier alpha value is -3.03. The van der Waals surface area contributed by atoms with E-state index < -0.39 is 0 Å². The molecule has 31 heavy (non-hydrogen) atoms. The Morgan fingerprint density at radius 1 is 1.13 bits per heavy atom. The highest BCUT2D eigenvalue weighted by atomic mass is 16.3. The number of nitrogens with one attached hydrogen (secondary N) is 1. The van der Waals surface area contributed by atoms with Crippen LogP contribution < -0.4 is 16.2 Å². The number of nitrogens with zero attached hydrogens (tertiary/aromatic N) is 3. The Morgan fingerprint density at radius 3 is 2.55 bits per heavy atom. The molecule has 0 amide bonds. The Kier molecular flexibility index (Phi) is 6.74. The molecular weight excluding hydrogens is 390 g/mol. The quantitative estimate of drug-likeness (QED) is 0.177. The highest BCUT2D eigenvalue weighted by molar-refractivity contribution is 5.89. The third-order valence-corrected chi connectivity index (χ3v) is 5.81. The molecule has 1 fully saturated rings. The van der Waals surface area contributed by atoms with Crippen molar-refractivity contribution < 1.29 is 9.52 Å². The number of aromatic hydroxyl groups is 1.